The van der Waals surface area contributed by atoms with Gasteiger partial charge < -0.3 is 16.0 Å². The number of nitrogens with one attached hydrogen (secondary N) is 1. The Morgan fingerprint density at radius 1 is 1.27 bits per heavy atom. The molecular formula is C19H21N9OS. The number of aryl methyl sites for hydroxylation is 1. The highest BCUT2D eigenvalue weighted by Crippen LogP contribution is 2.32. The number of fused-ring (bicyclic) bond motifs is 1. The van der Waals surface area contributed by atoms with E-state index in [0.29, 0.717) is 24.8 Å². The summed E-state index contributed by atoms with van der Waals surface area (Å²) in [7, 11) is 1.89. The molecule has 1 fully saturated rings. The maximum Gasteiger partial charge on any atom is 0.314 e. The Labute approximate surface area is 176 Å². The highest BCUT2D eigenvalue weighted by molar-refractivity contribution is 7.10. The first kappa shape index (κ1) is 18.6. The highest BCUT2D eigenvalue weighted by atomic mass is 32.1. The van der Waals surface area contributed by atoms with Crippen LogP contribution in [0.5, 0.6) is 0 Å². The van der Waals surface area contributed by atoms with Crippen molar-refractivity contribution in [2.24, 2.45) is 12.8 Å². The zero-order chi connectivity index (χ0) is 20.7. The Morgan fingerprint density at radius 3 is 2.83 bits per heavy atom. The number of aromatic nitrogens is 6. The third-order valence-electron chi connectivity index (χ3n) is 5.42. The number of nitrogens with two attached hydrogens (primary N) is 1. The van der Waals surface area contributed by atoms with E-state index in [1.807, 2.05) is 36.2 Å². The van der Waals surface area contributed by atoms with Crippen LogP contribution in [0, 0.1) is 0 Å². The SMILES string of the molecule is Cn1cc(-c2cnc3c(Nc4cc(C5CCN(C(N)=O)CC5)ns4)nccn23)cn1. The molecule has 1 saturated heterocycles. The minimum atomic E-state index is -0.349. The maximum absolute atomic E-state index is 11.3. The lowest BCUT2D eigenvalue weighted by atomic mass is 9.94. The highest BCUT2D eigenvalue weighted by Gasteiger charge is 2.24. The molecule has 0 aromatic carbocycles. The van der Waals surface area contributed by atoms with Crippen LogP contribution in [0.4, 0.5) is 15.6 Å². The van der Waals surface area contributed by atoms with E-state index >= 15 is 0 Å². The van der Waals surface area contributed by atoms with Crippen molar-refractivity contribution in [3.05, 3.63) is 42.7 Å². The number of hydrogen-bond acceptors (Lipinski definition) is 7. The zero-order valence-corrected chi connectivity index (χ0v) is 17.2. The molecule has 0 radical (unpaired) electrons. The minimum absolute atomic E-state index is 0.333. The van der Waals surface area contributed by atoms with E-state index in [1.54, 1.807) is 15.8 Å². The van der Waals surface area contributed by atoms with E-state index < -0.39 is 0 Å². The number of nitrogens with zero attached hydrogens (tertiary/aromatic N) is 7. The first-order chi connectivity index (χ1) is 14.6. The molecule has 11 heteroatoms. The molecule has 10 nitrogen and oxygen atoms in total. The Kier molecular flexibility index (Phi) is 4.58. The fourth-order valence-corrected chi connectivity index (χ4v) is 4.55. The standard InChI is InChI=1S/C19H21N9OS/c1-26-11-13(9-23-26)15-10-22-18-17(21-4-7-28(15)18)24-16-8-14(25-30-16)12-2-5-27(6-3-12)19(20)29/h4,7-12H,2-3,5-6H2,1H3,(H2,20,29)(H,21,24). The van der Waals surface area contributed by atoms with Gasteiger partial charge in [-0.3, -0.25) is 9.08 Å². The smallest absolute Gasteiger partial charge is 0.314 e. The lowest BCUT2D eigenvalue weighted by Gasteiger charge is -2.29. The van der Waals surface area contributed by atoms with E-state index in [2.05, 4.69) is 30.8 Å². The number of carbonyl (C=O) groups is 1. The topological polar surface area (TPSA) is 119 Å². The van der Waals surface area contributed by atoms with Crippen molar-refractivity contribution < 1.29 is 4.79 Å². The largest absolute Gasteiger partial charge is 0.351 e. The third-order valence-corrected chi connectivity index (χ3v) is 6.14. The minimum Gasteiger partial charge on any atom is -0.351 e. The Hall–Kier alpha value is -3.47. The summed E-state index contributed by atoms with van der Waals surface area (Å²) in [5.41, 5.74) is 9.09. The lowest BCUT2D eigenvalue weighted by Crippen LogP contribution is -2.41. The molecule has 154 valence electrons. The molecule has 0 bridgehead atoms. The number of imidazole rings is 1. The fourth-order valence-electron chi connectivity index (χ4n) is 3.83. The molecule has 0 saturated carbocycles. The van der Waals surface area contributed by atoms with Gasteiger partial charge in [0.15, 0.2) is 11.5 Å². The first-order valence-electron chi connectivity index (χ1n) is 9.67. The summed E-state index contributed by atoms with van der Waals surface area (Å²) in [6, 6.07) is 1.71. The quantitative estimate of drug-likeness (QED) is 0.521. The molecular weight excluding hydrogens is 402 g/mol. The van der Waals surface area contributed by atoms with Gasteiger partial charge in [-0.15, -0.1) is 0 Å². The summed E-state index contributed by atoms with van der Waals surface area (Å²) in [4.78, 5) is 22.0. The second-order valence-corrected chi connectivity index (χ2v) is 8.16. The molecule has 0 atom stereocenters. The molecule has 1 aliphatic rings. The average molecular weight is 424 g/mol. The number of primary amides is 1. The number of anilines is 2. The molecule has 2 amide bonds. The second kappa shape index (κ2) is 7.41. The van der Waals surface area contributed by atoms with Gasteiger partial charge in [0.25, 0.3) is 0 Å². The second-order valence-electron chi connectivity index (χ2n) is 7.36. The van der Waals surface area contributed by atoms with Crippen molar-refractivity contribution in [1.82, 2.24) is 33.4 Å². The number of carbonyl (C=O) groups excluding carboxylic acids is 1. The molecule has 5 heterocycles. The van der Waals surface area contributed by atoms with Crippen LogP contribution in [0.1, 0.15) is 24.5 Å². The van der Waals surface area contributed by atoms with Gasteiger partial charge in [-0.05, 0) is 30.4 Å². The van der Waals surface area contributed by atoms with E-state index in [0.717, 1.165) is 40.4 Å². The Balaban J connectivity index is 1.36. The predicted octanol–water partition coefficient (Wildman–Crippen LogP) is 2.59. The average Bonchev–Trinajstić information content (AvgIpc) is 3.48. The van der Waals surface area contributed by atoms with E-state index in [9.17, 15) is 4.79 Å². The number of hydrogen-bond donors (Lipinski definition) is 2. The molecule has 0 unspecified atom stereocenters. The van der Waals surface area contributed by atoms with Crippen LogP contribution in [0.3, 0.4) is 0 Å². The molecule has 4 aromatic rings. The summed E-state index contributed by atoms with van der Waals surface area (Å²) >= 11 is 1.40. The third kappa shape index (κ3) is 3.36. The number of rotatable bonds is 4. The molecule has 30 heavy (non-hydrogen) atoms. The Morgan fingerprint density at radius 2 is 2.10 bits per heavy atom. The van der Waals surface area contributed by atoms with Crippen LogP contribution < -0.4 is 11.1 Å². The predicted molar refractivity (Wildman–Crippen MR) is 114 cm³/mol. The molecule has 4 aromatic heterocycles. The summed E-state index contributed by atoms with van der Waals surface area (Å²) in [6.45, 7) is 1.35. The first-order valence-corrected chi connectivity index (χ1v) is 10.4. The lowest BCUT2D eigenvalue weighted by molar-refractivity contribution is 0.190. The normalized spacial score (nSPS) is 15.0. The van der Waals surface area contributed by atoms with Crippen LogP contribution in [0.25, 0.3) is 16.9 Å². The van der Waals surface area contributed by atoms with Crippen LogP contribution in [0.2, 0.25) is 0 Å². The Bertz CT molecular complexity index is 1200. The summed E-state index contributed by atoms with van der Waals surface area (Å²) in [5, 5.41) is 8.51. The van der Waals surface area contributed by atoms with Crippen LogP contribution in [-0.2, 0) is 7.05 Å². The summed E-state index contributed by atoms with van der Waals surface area (Å²) < 4.78 is 8.38. The van der Waals surface area contributed by atoms with Gasteiger partial charge in [0, 0.05) is 50.2 Å². The van der Waals surface area contributed by atoms with Crippen molar-refractivity contribution >= 4 is 34.0 Å². The molecule has 3 N–H and O–H groups in total. The van der Waals surface area contributed by atoms with Crippen LogP contribution in [-0.4, -0.2) is 52.5 Å². The fraction of sp³-hybridized carbons (Fsp3) is 0.316. The number of likely N-dealkylation sites (tertiary alicyclic amines) is 1. The summed E-state index contributed by atoms with van der Waals surface area (Å²) in [5.74, 6) is 1.01. The van der Waals surface area contributed by atoms with Gasteiger partial charge in [0.2, 0.25) is 0 Å². The number of urea groups is 1. The molecule has 0 spiro atoms. The van der Waals surface area contributed by atoms with Crippen molar-refractivity contribution in [3.8, 4) is 11.3 Å². The molecule has 5 rings (SSSR count). The monoisotopic (exact) mass is 423 g/mol. The van der Waals surface area contributed by atoms with Crippen molar-refractivity contribution in [3.63, 3.8) is 0 Å². The van der Waals surface area contributed by atoms with Gasteiger partial charge in [-0.25, -0.2) is 14.8 Å². The van der Waals surface area contributed by atoms with Crippen LogP contribution >= 0.6 is 11.5 Å². The van der Waals surface area contributed by atoms with Crippen molar-refractivity contribution in [2.45, 2.75) is 18.8 Å². The van der Waals surface area contributed by atoms with Crippen LogP contribution in [0.15, 0.2) is 37.1 Å². The van der Waals surface area contributed by atoms with E-state index in [1.165, 1.54) is 11.5 Å². The number of amides is 2. The zero-order valence-electron chi connectivity index (χ0n) is 16.4. The van der Waals surface area contributed by atoms with Gasteiger partial charge in [-0.1, -0.05) is 0 Å². The summed E-state index contributed by atoms with van der Waals surface area (Å²) in [6.07, 6.45) is 11.0. The van der Waals surface area contributed by atoms with E-state index in [-0.39, 0.29) is 6.03 Å². The van der Waals surface area contributed by atoms with Crippen molar-refractivity contribution in [2.75, 3.05) is 18.4 Å². The van der Waals surface area contributed by atoms with Gasteiger partial charge >= 0.3 is 6.03 Å². The number of piperidine rings is 1. The van der Waals surface area contributed by atoms with E-state index in [4.69, 9.17) is 5.73 Å². The molecule has 0 aliphatic carbocycles. The van der Waals surface area contributed by atoms with Crippen molar-refractivity contribution in [1.29, 1.82) is 0 Å². The molecule has 1 aliphatic heterocycles. The van der Waals surface area contributed by atoms with Gasteiger partial charge in [-0.2, -0.15) is 9.47 Å². The van der Waals surface area contributed by atoms with Gasteiger partial charge in [0.05, 0.1) is 23.8 Å². The van der Waals surface area contributed by atoms with Gasteiger partial charge in [0.1, 0.15) is 5.00 Å². The maximum atomic E-state index is 11.3.